The normalized spacial score (nSPS) is 24.9. The quantitative estimate of drug-likeness (QED) is 0.569. The minimum atomic E-state index is -0.539. The Labute approximate surface area is 119 Å². The van der Waals surface area contributed by atoms with Crippen molar-refractivity contribution < 1.29 is 14.4 Å². The highest BCUT2D eigenvalue weighted by Crippen LogP contribution is 2.26. The van der Waals surface area contributed by atoms with E-state index in [1.54, 1.807) is 7.05 Å². The topological polar surface area (TPSA) is 78.5 Å². The summed E-state index contributed by atoms with van der Waals surface area (Å²) in [4.78, 5) is 37.1. The molecule has 0 radical (unpaired) electrons. The lowest BCUT2D eigenvalue weighted by atomic mass is 10.1. The second-order valence-corrected chi connectivity index (χ2v) is 5.56. The van der Waals surface area contributed by atoms with E-state index in [4.69, 9.17) is 0 Å². The van der Waals surface area contributed by atoms with Gasteiger partial charge < -0.3 is 5.32 Å². The van der Waals surface area contributed by atoms with Crippen LogP contribution in [0.2, 0.25) is 0 Å². The van der Waals surface area contributed by atoms with Crippen molar-refractivity contribution in [1.29, 1.82) is 0 Å². The first-order valence-electron chi connectivity index (χ1n) is 7.43. The number of nitrogens with one attached hydrogen (secondary N) is 2. The average Bonchev–Trinajstić information content (AvgIpc) is 2.64. The van der Waals surface area contributed by atoms with Crippen LogP contribution in [0, 0.1) is 0 Å². The number of likely N-dealkylation sites (N-methyl/N-ethyl adjacent to an activating group) is 1. The summed E-state index contributed by atoms with van der Waals surface area (Å²) in [6.07, 6.45) is 6.54. The molecule has 1 unspecified atom stereocenters. The smallest absolute Gasteiger partial charge is 0.247 e. The van der Waals surface area contributed by atoms with E-state index in [0.717, 1.165) is 25.7 Å². The lowest BCUT2D eigenvalue weighted by molar-refractivity contribution is -0.141. The van der Waals surface area contributed by atoms with Gasteiger partial charge in [0.05, 0.1) is 19.0 Å². The SMILES string of the molecule is CNC(=O)CNC1CC(=O)N(C2CCCCCC2)C1=O. The van der Waals surface area contributed by atoms with Crippen LogP contribution in [0.1, 0.15) is 44.9 Å². The molecule has 2 aliphatic rings. The van der Waals surface area contributed by atoms with Crippen LogP contribution in [0.5, 0.6) is 0 Å². The largest absolute Gasteiger partial charge is 0.358 e. The summed E-state index contributed by atoms with van der Waals surface area (Å²) in [5, 5.41) is 5.36. The lowest BCUT2D eigenvalue weighted by Crippen LogP contribution is -2.45. The third-order valence-electron chi connectivity index (χ3n) is 4.16. The van der Waals surface area contributed by atoms with E-state index in [0.29, 0.717) is 0 Å². The van der Waals surface area contributed by atoms with Crippen LogP contribution in [-0.2, 0) is 14.4 Å². The fourth-order valence-electron chi connectivity index (χ4n) is 3.01. The van der Waals surface area contributed by atoms with Crippen molar-refractivity contribution in [2.75, 3.05) is 13.6 Å². The summed E-state index contributed by atoms with van der Waals surface area (Å²) in [7, 11) is 1.55. The standard InChI is InChI=1S/C14H23N3O3/c1-15-12(18)9-16-11-8-13(19)17(14(11)20)10-6-4-2-3-5-7-10/h10-11,16H,2-9H2,1H3,(H,15,18). The van der Waals surface area contributed by atoms with Crippen LogP contribution in [0.4, 0.5) is 0 Å². The summed E-state index contributed by atoms with van der Waals surface area (Å²) >= 11 is 0. The van der Waals surface area contributed by atoms with Gasteiger partial charge in [0.1, 0.15) is 0 Å². The third-order valence-corrected chi connectivity index (χ3v) is 4.16. The van der Waals surface area contributed by atoms with Gasteiger partial charge in [-0.2, -0.15) is 0 Å². The van der Waals surface area contributed by atoms with Gasteiger partial charge >= 0.3 is 0 Å². The second-order valence-electron chi connectivity index (χ2n) is 5.56. The molecule has 2 rings (SSSR count). The molecule has 6 nitrogen and oxygen atoms in total. The summed E-state index contributed by atoms with van der Waals surface area (Å²) in [6.45, 7) is 0.0681. The minimum absolute atomic E-state index is 0.0595. The number of likely N-dealkylation sites (tertiary alicyclic amines) is 1. The molecule has 1 aliphatic heterocycles. The molecule has 1 atom stereocenters. The number of nitrogens with zero attached hydrogens (tertiary/aromatic N) is 1. The van der Waals surface area contributed by atoms with Crippen LogP contribution < -0.4 is 10.6 Å². The van der Waals surface area contributed by atoms with Gasteiger partial charge in [-0.15, -0.1) is 0 Å². The molecule has 112 valence electrons. The molecule has 1 saturated heterocycles. The van der Waals surface area contributed by atoms with Crippen molar-refractivity contribution in [3.05, 3.63) is 0 Å². The summed E-state index contributed by atoms with van der Waals surface area (Å²) in [6, 6.07) is -0.479. The van der Waals surface area contributed by atoms with Crippen molar-refractivity contribution >= 4 is 17.7 Å². The van der Waals surface area contributed by atoms with Gasteiger partial charge in [0.25, 0.3) is 0 Å². The first-order valence-corrected chi connectivity index (χ1v) is 7.43. The van der Waals surface area contributed by atoms with E-state index >= 15 is 0 Å². The first-order chi connectivity index (χ1) is 9.63. The zero-order valence-electron chi connectivity index (χ0n) is 12.0. The number of hydrogen-bond acceptors (Lipinski definition) is 4. The van der Waals surface area contributed by atoms with E-state index in [1.165, 1.54) is 17.7 Å². The van der Waals surface area contributed by atoms with Crippen LogP contribution in [0.25, 0.3) is 0 Å². The van der Waals surface area contributed by atoms with E-state index < -0.39 is 6.04 Å². The maximum atomic E-state index is 12.3. The van der Waals surface area contributed by atoms with Crippen LogP contribution in [-0.4, -0.2) is 48.3 Å². The third kappa shape index (κ3) is 3.36. The molecule has 1 saturated carbocycles. The Hall–Kier alpha value is -1.43. The number of amides is 3. The molecule has 0 aromatic heterocycles. The van der Waals surface area contributed by atoms with Crippen molar-refractivity contribution in [3.8, 4) is 0 Å². The Balaban J connectivity index is 1.95. The van der Waals surface area contributed by atoms with Crippen molar-refractivity contribution in [2.45, 2.75) is 57.0 Å². The molecule has 20 heavy (non-hydrogen) atoms. The van der Waals surface area contributed by atoms with Gasteiger partial charge in [-0.1, -0.05) is 25.7 Å². The van der Waals surface area contributed by atoms with Gasteiger partial charge in [0.15, 0.2) is 0 Å². The highest BCUT2D eigenvalue weighted by Gasteiger charge is 2.42. The molecular formula is C14H23N3O3. The Morgan fingerprint density at radius 2 is 1.85 bits per heavy atom. The van der Waals surface area contributed by atoms with Gasteiger partial charge in [0.2, 0.25) is 17.7 Å². The number of rotatable bonds is 4. The van der Waals surface area contributed by atoms with E-state index in [9.17, 15) is 14.4 Å². The molecule has 0 aromatic rings. The number of carbonyl (C=O) groups excluding carboxylic acids is 3. The number of carbonyl (C=O) groups is 3. The monoisotopic (exact) mass is 281 g/mol. The second kappa shape index (κ2) is 6.83. The predicted molar refractivity (Wildman–Crippen MR) is 73.8 cm³/mol. The fraction of sp³-hybridized carbons (Fsp3) is 0.786. The molecular weight excluding hydrogens is 258 g/mol. The van der Waals surface area contributed by atoms with Gasteiger partial charge in [0, 0.05) is 13.1 Å². The number of hydrogen-bond donors (Lipinski definition) is 2. The molecule has 1 heterocycles. The highest BCUT2D eigenvalue weighted by atomic mass is 16.2. The zero-order valence-corrected chi connectivity index (χ0v) is 12.0. The van der Waals surface area contributed by atoms with Gasteiger partial charge in [-0.05, 0) is 12.8 Å². The lowest BCUT2D eigenvalue weighted by Gasteiger charge is -2.25. The van der Waals surface area contributed by atoms with Crippen LogP contribution in [0.15, 0.2) is 0 Å². The molecule has 3 amide bonds. The Morgan fingerprint density at radius 1 is 1.20 bits per heavy atom. The average molecular weight is 281 g/mol. The first kappa shape index (κ1) is 15.0. The molecule has 2 N–H and O–H groups in total. The van der Waals surface area contributed by atoms with Gasteiger partial charge in [-0.3, -0.25) is 24.6 Å². The molecule has 1 aliphatic carbocycles. The van der Waals surface area contributed by atoms with Crippen LogP contribution >= 0.6 is 0 Å². The minimum Gasteiger partial charge on any atom is -0.358 e. The van der Waals surface area contributed by atoms with E-state index in [-0.39, 0.29) is 36.7 Å². The van der Waals surface area contributed by atoms with E-state index in [2.05, 4.69) is 10.6 Å². The summed E-state index contributed by atoms with van der Waals surface area (Å²) in [5.41, 5.74) is 0. The number of imide groups is 1. The van der Waals surface area contributed by atoms with Crippen molar-refractivity contribution in [2.24, 2.45) is 0 Å². The summed E-state index contributed by atoms with van der Waals surface area (Å²) in [5.74, 6) is -0.444. The maximum absolute atomic E-state index is 12.3. The fourth-order valence-corrected chi connectivity index (χ4v) is 3.01. The van der Waals surface area contributed by atoms with Crippen molar-refractivity contribution in [3.63, 3.8) is 0 Å². The Kier molecular flexibility index (Phi) is 5.11. The molecule has 2 fully saturated rings. The van der Waals surface area contributed by atoms with E-state index in [1.807, 2.05) is 0 Å². The Morgan fingerprint density at radius 3 is 2.45 bits per heavy atom. The zero-order chi connectivity index (χ0) is 14.5. The van der Waals surface area contributed by atoms with Crippen LogP contribution in [0.3, 0.4) is 0 Å². The predicted octanol–water partition coefficient (Wildman–Crippen LogP) is 0.172. The molecule has 0 aromatic carbocycles. The highest BCUT2D eigenvalue weighted by molar-refractivity contribution is 6.06. The maximum Gasteiger partial charge on any atom is 0.247 e. The van der Waals surface area contributed by atoms with Gasteiger partial charge in [-0.25, -0.2) is 0 Å². The Bertz CT molecular complexity index is 389. The molecule has 0 spiro atoms. The summed E-state index contributed by atoms with van der Waals surface area (Å²) < 4.78 is 0. The van der Waals surface area contributed by atoms with Crippen molar-refractivity contribution in [1.82, 2.24) is 15.5 Å². The molecule has 0 bridgehead atoms. The molecule has 6 heteroatoms.